The zero-order valence-electron chi connectivity index (χ0n) is 9.42. The summed E-state index contributed by atoms with van der Waals surface area (Å²) in [6, 6.07) is 0.384. The number of amides is 1. The summed E-state index contributed by atoms with van der Waals surface area (Å²) in [6.07, 6.45) is 6.99. The molecular weight excluding hydrogens is 174 g/mol. The lowest BCUT2D eigenvalue weighted by Gasteiger charge is -2.32. The maximum absolute atomic E-state index is 11.3. The number of hydrogen-bond acceptors (Lipinski definition) is 1. The molecule has 1 rings (SSSR count). The van der Waals surface area contributed by atoms with Gasteiger partial charge in [0.25, 0.3) is 0 Å². The Kier molecular flexibility index (Phi) is 4.18. The van der Waals surface area contributed by atoms with Crippen LogP contribution in [0.3, 0.4) is 0 Å². The maximum atomic E-state index is 11.3. The second-order valence-corrected chi connectivity index (χ2v) is 4.51. The van der Waals surface area contributed by atoms with Crippen molar-refractivity contribution in [3.05, 3.63) is 12.2 Å². The second kappa shape index (κ2) is 5.18. The Morgan fingerprint density at radius 1 is 1.36 bits per heavy atom. The van der Waals surface area contributed by atoms with Crippen LogP contribution >= 0.6 is 0 Å². The van der Waals surface area contributed by atoms with Crippen LogP contribution in [0.2, 0.25) is 0 Å². The summed E-state index contributed by atoms with van der Waals surface area (Å²) in [5.74, 6) is 1.49. The number of allylic oxidation sites excluding steroid dienone is 1. The van der Waals surface area contributed by atoms with Crippen molar-refractivity contribution < 1.29 is 4.79 Å². The number of carbonyl (C=O) groups excluding carboxylic acids is 1. The summed E-state index contributed by atoms with van der Waals surface area (Å²) in [4.78, 5) is 11.3. The lowest BCUT2D eigenvalue weighted by Crippen LogP contribution is -2.41. The highest BCUT2D eigenvalue weighted by molar-refractivity contribution is 5.87. The van der Waals surface area contributed by atoms with E-state index in [9.17, 15) is 4.79 Å². The summed E-state index contributed by atoms with van der Waals surface area (Å²) in [6.45, 7) is 6.39. The Morgan fingerprint density at radius 2 is 2.07 bits per heavy atom. The SMILES string of the molecule is C/C=C/C(=O)NC1CCC(C)CC1C. The van der Waals surface area contributed by atoms with Gasteiger partial charge in [-0.05, 0) is 44.1 Å². The van der Waals surface area contributed by atoms with Gasteiger partial charge in [0.2, 0.25) is 5.91 Å². The van der Waals surface area contributed by atoms with Crippen LogP contribution in [0.15, 0.2) is 12.2 Å². The lowest BCUT2D eigenvalue weighted by molar-refractivity contribution is -0.117. The topological polar surface area (TPSA) is 29.1 Å². The maximum Gasteiger partial charge on any atom is 0.243 e. The van der Waals surface area contributed by atoms with E-state index < -0.39 is 0 Å². The molecule has 0 saturated heterocycles. The monoisotopic (exact) mass is 195 g/mol. The van der Waals surface area contributed by atoms with Crippen LogP contribution < -0.4 is 5.32 Å². The van der Waals surface area contributed by atoms with Crippen molar-refractivity contribution >= 4 is 5.91 Å². The van der Waals surface area contributed by atoms with Gasteiger partial charge in [-0.15, -0.1) is 0 Å². The van der Waals surface area contributed by atoms with Crippen LogP contribution in [-0.2, 0) is 4.79 Å². The molecule has 0 radical (unpaired) electrons. The van der Waals surface area contributed by atoms with Gasteiger partial charge in [-0.1, -0.05) is 19.9 Å². The molecule has 1 aliphatic rings. The molecule has 0 bridgehead atoms. The van der Waals surface area contributed by atoms with Crippen LogP contribution in [0.4, 0.5) is 0 Å². The smallest absolute Gasteiger partial charge is 0.243 e. The molecule has 1 aliphatic carbocycles. The minimum absolute atomic E-state index is 0.0545. The predicted molar refractivity (Wildman–Crippen MR) is 58.9 cm³/mol. The molecule has 0 heterocycles. The third kappa shape index (κ3) is 3.17. The van der Waals surface area contributed by atoms with Gasteiger partial charge in [0.1, 0.15) is 0 Å². The molecule has 0 aliphatic heterocycles. The van der Waals surface area contributed by atoms with E-state index in [2.05, 4.69) is 19.2 Å². The first-order valence-electron chi connectivity index (χ1n) is 5.56. The van der Waals surface area contributed by atoms with E-state index in [1.807, 2.05) is 6.92 Å². The van der Waals surface area contributed by atoms with Gasteiger partial charge in [0.05, 0.1) is 0 Å². The van der Waals surface area contributed by atoms with Gasteiger partial charge in [0.15, 0.2) is 0 Å². The van der Waals surface area contributed by atoms with Crippen LogP contribution in [0.25, 0.3) is 0 Å². The molecule has 0 spiro atoms. The van der Waals surface area contributed by atoms with Crippen LogP contribution in [0.1, 0.15) is 40.0 Å². The zero-order chi connectivity index (χ0) is 10.6. The van der Waals surface area contributed by atoms with Crippen molar-refractivity contribution in [3.8, 4) is 0 Å². The molecule has 3 atom stereocenters. The molecule has 1 amide bonds. The number of nitrogens with one attached hydrogen (secondary N) is 1. The summed E-state index contributed by atoms with van der Waals surface area (Å²) >= 11 is 0. The quantitative estimate of drug-likeness (QED) is 0.674. The number of rotatable bonds is 2. The summed E-state index contributed by atoms with van der Waals surface area (Å²) in [5, 5.41) is 3.06. The van der Waals surface area contributed by atoms with Gasteiger partial charge in [0, 0.05) is 6.04 Å². The highest BCUT2D eigenvalue weighted by Crippen LogP contribution is 2.28. The van der Waals surface area contributed by atoms with E-state index in [0.717, 1.165) is 12.3 Å². The third-order valence-electron chi connectivity index (χ3n) is 3.08. The number of hydrogen-bond donors (Lipinski definition) is 1. The summed E-state index contributed by atoms with van der Waals surface area (Å²) in [7, 11) is 0. The first kappa shape index (κ1) is 11.3. The van der Waals surface area contributed by atoms with E-state index in [1.54, 1.807) is 12.2 Å². The number of carbonyl (C=O) groups is 1. The highest BCUT2D eigenvalue weighted by atomic mass is 16.1. The Labute approximate surface area is 86.8 Å². The molecule has 0 aromatic heterocycles. The lowest BCUT2D eigenvalue weighted by atomic mass is 9.80. The molecule has 14 heavy (non-hydrogen) atoms. The summed E-state index contributed by atoms with van der Waals surface area (Å²) in [5.41, 5.74) is 0. The molecule has 0 aromatic rings. The van der Waals surface area contributed by atoms with Crippen LogP contribution in [0.5, 0.6) is 0 Å². The third-order valence-corrected chi connectivity index (χ3v) is 3.08. The Hall–Kier alpha value is -0.790. The van der Waals surface area contributed by atoms with E-state index in [0.29, 0.717) is 12.0 Å². The molecule has 3 unspecified atom stereocenters. The normalized spacial score (nSPS) is 33.2. The first-order valence-corrected chi connectivity index (χ1v) is 5.56. The molecule has 80 valence electrons. The second-order valence-electron chi connectivity index (χ2n) is 4.51. The fraction of sp³-hybridized carbons (Fsp3) is 0.750. The van der Waals surface area contributed by atoms with E-state index in [4.69, 9.17) is 0 Å². The Balaban J connectivity index is 2.41. The van der Waals surface area contributed by atoms with Crippen molar-refractivity contribution in [1.29, 1.82) is 0 Å². The van der Waals surface area contributed by atoms with Gasteiger partial charge in [-0.2, -0.15) is 0 Å². The van der Waals surface area contributed by atoms with E-state index in [1.165, 1.54) is 12.8 Å². The minimum atomic E-state index is 0.0545. The van der Waals surface area contributed by atoms with Crippen LogP contribution in [0, 0.1) is 11.8 Å². The average molecular weight is 195 g/mol. The van der Waals surface area contributed by atoms with Crippen molar-refractivity contribution in [2.45, 2.75) is 46.1 Å². The fourth-order valence-electron chi connectivity index (χ4n) is 2.26. The molecule has 2 nitrogen and oxygen atoms in total. The molecule has 1 fully saturated rings. The van der Waals surface area contributed by atoms with E-state index in [-0.39, 0.29) is 5.91 Å². The van der Waals surface area contributed by atoms with E-state index >= 15 is 0 Å². The largest absolute Gasteiger partial charge is 0.350 e. The van der Waals surface area contributed by atoms with Gasteiger partial charge < -0.3 is 5.32 Å². The van der Waals surface area contributed by atoms with Gasteiger partial charge in [-0.25, -0.2) is 0 Å². The van der Waals surface area contributed by atoms with Crippen molar-refractivity contribution in [3.63, 3.8) is 0 Å². The summed E-state index contributed by atoms with van der Waals surface area (Å²) < 4.78 is 0. The fourth-order valence-corrected chi connectivity index (χ4v) is 2.26. The minimum Gasteiger partial charge on any atom is -0.350 e. The standard InChI is InChI=1S/C12H21NO/c1-4-5-12(14)13-11-7-6-9(2)8-10(11)3/h4-5,9-11H,6-8H2,1-3H3,(H,13,14)/b5-4+. The average Bonchev–Trinajstić information content (AvgIpc) is 2.10. The molecule has 1 saturated carbocycles. The zero-order valence-corrected chi connectivity index (χ0v) is 9.42. The van der Waals surface area contributed by atoms with Crippen molar-refractivity contribution in [2.24, 2.45) is 11.8 Å². The van der Waals surface area contributed by atoms with Gasteiger partial charge >= 0.3 is 0 Å². The Morgan fingerprint density at radius 3 is 2.64 bits per heavy atom. The molecule has 2 heteroatoms. The van der Waals surface area contributed by atoms with Crippen molar-refractivity contribution in [1.82, 2.24) is 5.32 Å². The molecule has 0 aromatic carbocycles. The molecule has 1 N–H and O–H groups in total. The predicted octanol–water partition coefficient (Wildman–Crippen LogP) is 2.50. The highest BCUT2D eigenvalue weighted by Gasteiger charge is 2.25. The molecular formula is C12H21NO. The van der Waals surface area contributed by atoms with Gasteiger partial charge in [-0.3, -0.25) is 4.79 Å². The van der Waals surface area contributed by atoms with Crippen LogP contribution in [-0.4, -0.2) is 11.9 Å². The Bertz CT molecular complexity index is 222. The van der Waals surface area contributed by atoms with Crippen molar-refractivity contribution in [2.75, 3.05) is 0 Å². The first-order chi connectivity index (χ1) is 6.63.